The van der Waals surface area contributed by atoms with Crippen LogP contribution in [-0.2, 0) is 0 Å². The molecular weight excluding hydrogens is 329 g/mol. The van der Waals surface area contributed by atoms with E-state index in [1.165, 1.54) is 17.0 Å². The first-order valence-electron chi connectivity index (χ1n) is 4.32. The summed E-state index contributed by atoms with van der Waals surface area (Å²) >= 11 is 6.39. The molecule has 0 heterocycles. The lowest BCUT2D eigenvalue weighted by Crippen LogP contribution is -2.28. The van der Waals surface area contributed by atoms with Crippen molar-refractivity contribution in [2.24, 2.45) is 0 Å². The van der Waals surface area contributed by atoms with E-state index in [-0.39, 0.29) is 5.91 Å². The van der Waals surface area contributed by atoms with Gasteiger partial charge in [0.15, 0.2) is 0 Å². The molecule has 0 unspecified atom stereocenters. The predicted molar refractivity (Wildman–Crippen MR) is 64.9 cm³/mol. The lowest BCUT2D eigenvalue weighted by Gasteiger charge is -2.15. The fourth-order valence-electron chi connectivity index (χ4n) is 1.13. The van der Waals surface area contributed by atoms with Gasteiger partial charge in [0.2, 0.25) is 0 Å². The second kappa shape index (κ2) is 5.61. The number of rotatable bonds is 3. The van der Waals surface area contributed by atoms with Crippen molar-refractivity contribution >= 4 is 37.8 Å². The molecule has 0 aliphatic carbocycles. The number of benzene rings is 1. The summed E-state index contributed by atoms with van der Waals surface area (Å²) in [5.41, 5.74) is 0.352. The average molecular weight is 339 g/mol. The molecule has 0 aliphatic heterocycles. The second-order valence-electron chi connectivity index (χ2n) is 3.07. The van der Waals surface area contributed by atoms with Crippen molar-refractivity contribution in [3.8, 4) is 0 Å². The van der Waals surface area contributed by atoms with Crippen LogP contribution in [-0.4, -0.2) is 29.7 Å². The highest BCUT2D eigenvalue weighted by atomic mass is 79.9. The molecule has 0 radical (unpaired) electrons. The van der Waals surface area contributed by atoms with E-state index in [1.54, 1.807) is 13.1 Å². The zero-order chi connectivity index (χ0) is 11.4. The molecule has 0 saturated carbocycles. The Labute approximate surface area is 105 Å². The minimum atomic E-state index is -0.417. The van der Waals surface area contributed by atoms with E-state index in [1.807, 2.05) is 0 Å². The third-order valence-corrected chi connectivity index (χ3v) is 2.69. The van der Waals surface area contributed by atoms with E-state index in [0.29, 0.717) is 21.9 Å². The van der Waals surface area contributed by atoms with Gasteiger partial charge in [0.1, 0.15) is 5.82 Å². The Hall–Kier alpha value is -0.420. The van der Waals surface area contributed by atoms with E-state index < -0.39 is 5.82 Å². The molecule has 1 aromatic rings. The highest BCUT2D eigenvalue weighted by Crippen LogP contribution is 2.16. The van der Waals surface area contributed by atoms with Crippen molar-refractivity contribution < 1.29 is 9.18 Å². The maximum Gasteiger partial charge on any atom is 0.253 e. The molecule has 0 N–H and O–H groups in total. The zero-order valence-corrected chi connectivity index (χ0v) is 11.3. The van der Waals surface area contributed by atoms with Crippen LogP contribution in [0, 0.1) is 5.82 Å². The SMILES string of the molecule is CN(CCBr)C(=O)c1cc(F)cc(Br)c1. The smallest absolute Gasteiger partial charge is 0.253 e. The van der Waals surface area contributed by atoms with Gasteiger partial charge in [0.05, 0.1) is 0 Å². The summed E-state index contributed by atoms with van der Waals surface area (Å²) in [6, 6.07) is 4.16. The van der Waals surface area contributed by atoms with Crippen LogP contribution in [0.2, 0.25) is 0 Å². The summed E-state index contributed by atoms with van der Waals surface area (Å²) in [5, 5.41) is 0.700. The summed E-state index contributed by atoms with van der Waals surface area (Å²) in [4.78, 5) is 13.3. The normalized spacial score (nSPS) is 10.1. The Bertz CT molecular complexity index is 350. The van der Waals surface area contributed by atoms with Crippen LogP contribution in [0.5, 0.6) is 0 Å². The minimum Gasteiger partial charge on any atom is -0.341 e. The van der Waals surface area contributed by atoms with Gasteiger partial charge >= 0.3 is 0 Å². The number of carbonyl (C=O) groups excluding carboxylic acids is 1. The van der Waals surface area contributed by atoms with Crippen LogP contribution >= 0.6 is 31.9 Å². The monoisotopic (exact) mass is 337 g/mol. The van der Waals surface area contributed by atoms with Crippen molar-refractivity contribution in [2.75, 3.05) is 18.9 Å². The Kier molecular flexibility index (Phi) is 4.73. The van der Waals surface area contributed by atoms with Gasteiger partial charge in [-0.3, -0.25) is 4.79 Å². The van der Waals surface area contributed by atoms with Gasteiger partial charge in [-0.15, -0.1) is 0 Å². The predicted octanol–water partition coefficient (Wildman–Crippen LogP) is 3.06. The lowest BCUT2D eigenvalue weighted by atomic mass is 10.2. The molecule has 15 heavy (non-hydrogen) atoms. The van der Waals surface area contributed by atoms with E-state index in [2.05, 4.69) is 31.9 Å². The van der Waals surface area contributed by atoms with Crippen LogP contribution in [0.3, 0.4) is 0 Å². The molecular formula is C10H10Br2FNO. The number of hydrogen-bond acceptors (Lipinski definition) is 1. The molecule has 0 fully saturated rings. The fraction of sp³-hybridized carbons (Fsp3) is 0.300. The first kappa shape index (κ1) is 12.6. The summed E-state index contributed by atoms with van der Waals surface area (Å²) in [6.07, 6.45) is 0. The summed E-state index contributed by atoms with van der Waals surface area (Å²) in [5.74, 6) is -0.602. The second-order valence-corrected chi connectivity index (χ2v) is 4.78. The molecule has 0 bridgehead atoms. The Morgan fingerprint density at radius 2 is 2.13 bits per heavy atom. The largest absolute Gasteiger partial charge is 0.341 e. The zero-order valence-electron chi connectivity index (χ0n) is 8.14. The number of hydrogen-bond donors (Lipinski definition) is 0. The minimum absolute atomic E-state index is 0.186. The maximum atomic E-state index is 13.0. The van der Waals surface area contributed by atoms with Gasteiger partial charge in [-0.1, -0.05) is 31.9 Å². The van der Waals surface area contributed by atoms with Crippen LogP contribution < -0.4 is 0 Å². The molecule has 0 atom stereocenters. The molecule has 0 aliphatic rings. The molecule has 1 amide bonds. The third-order valence-electron chi connectivity index (χ3n) is 1.88. The highest BCUT2D eigenvalue weighted by molar-refractivity contribution is 9.10. The first-order valence-corrected chi connectivity index (χ1v) is 6.23. The third kappa shape index (κ3) is 3.57. The topological polar surface area (TPSA) is 20.3 Å². The van der Waals surface area contributed by atoms with Crippen molar-refractivity contribution in [3.63, 3.8) is 0 Å². The lowest BCUT2D eigenvalue weighted by molar-refractivity contribution is 0.0803. The average Bonchev–Trinajstić information content (AvgIpc) is 2.15. The molecule has 5 heteroatoms. The van der Waals surface area contributed by atoms with E-state index in [9.17, 15) is 9.18 Å². The van der Waals surface area contributed by atoms with Crippen molar-refractivity contribution in [1.29, 1.82) is 0 Å². The number of nitrogens with zero attached hydrogens (tertiary/aromatic N) is 1. The number of alkyl halides is 1. The van der Waals surface area contributed by atoms with Crippen LogP contribution in [0.4, 0.5) is 4.39 Å². The number of amides is 1. The van der Waals surface area contributed by atoms with E-state index in [4.69, 9.17) is 0 Å². The first-order chi connectivity index (χ1) is 7.04. The number of halogens is 3. The highest BCUT2D eigenvalue weighted by Gasteiger charge is 2.12. The number of carbonyl (C=O) groups is 1. The van der Waals surface area contributed by atoms with Crippen LogP contribution in [0.25, 0.3) is 0 Å². The van der Waals surface area contributed by atoms with Crippen molar-refractivity contribution in [3.05, 3.63) is 34.1 Å². The molecule has 0 spiro atoms. The van der Waals surface area contributed by atoms with Gasteiger partial charge in [-0.05, 0) is 18.2 Å². The Morgan fingerprint density at radius 1 is 1.47 bits per heavy atom. The van der Waals surface area contributed by atoms with Crippen molar-refractivity contribution in [2.45, 2.75) is 0 Å². The fourth-order valence-corrected chi connectivity index (χ4v) is 2.12. The van der Waals surface area contributed by atoms with Gasteiger partial charge in [0.25, 0.3) is 5.91 Å². The van der Waals surface area contributed by atoms with Crippen LogP contribution in [0.1, 0.15) is 10.4 Å². The summed E-state index contributed by atoms with van der Waals surface area (Å²) < 4.78 is 13.6. The van der Waals surface area contributed by atoms with Gasteiger partial charge in [0, 0.05) is 29.0 Å². The molecule has 0 saturated heterocycles. The maximum absolute atomic E-state index is 13.0. The van der Waals surface area contributed by atoms with Gasteiger partial charge in [-0.25, -0.2) is 4.39 Å². The van der Waals surface area contributed by atoms with Crippen LogP contribution in [0.15, 0.2) is 22.7 Å². The molecule has 1 aromatic carbocycles. The Morgan fingerprint density at radius 3 is 2.67 bits per heavy atom. The molecule has 0 aromatic heterocycles. The van der Waals surface area contributed by atoms with E-state index >= 15 is 0 Å². The van der Waals surface area contributed by atoms with Gasteiger partial charge in [-0.2, -0.15) is 0 Å². The quantitative estimate of drug-likeness (QED) is 0.776. The van der Waals surface area contributed by atoms with Crippen molar-refractivity contribution in [1.82, 2.24) is 4.90 Å². The molecule has 82 valence electrons. The summed E-state index contributed by atoms with van der Waals surface area (Å²) in [7, 11) is 1.68. The van der Waals surface area contributed by atoms with E-state index in [0.717, 1.165) is 0 Å². The molecule has 2 nitrogen and oxygen atoms in total. The summed E-state index contributed by atoms with van der Waals surface area (Å²) in [6.45, 7) is 0.590. The standard InChI is InChI=1S/C10H10Br2FNO/c1-14(3-2-11)10(15)7-4-8(12)6-9(13)5-7/h4-6H,2-3H2,1H3. The Balaban J connectivity index is 2.90. The molecule has 1 rings (SSSR count). The van der Waals surface area contributed by atoms with Gasteiger partial charge < -0.3 is 4.90 Å².